The Morgan fingerprint density at radius 2 is 1.79 bits per heavy atom. The Labute approximate surface area is 167 Å². The second-order valence-corrected chi connectivity index (χ2v) is 5.84. The monoisotopic (exact) mass is 387 g/mol. The standard InChI is InChI=1S/C21H17N5O3/c1-2-29-21(28)16-5-3-4-6-17(16)24-19-12-11-18(25-26-19)20(27)23-15-9-7-14(13-22)8-10-15/h3-12H,2H2,1H3,(H,23,27)(H,24,26). The van der Waals surface area contributed by atoms with Crippen molar-refractivity contribution in [2.45, 2.75) is 6.92 Å². The third-order valence-electron chi connectivity index (χ3n) is 3.85. The molecule has 3 aromatic rings. The van der Waals surface area contributed by atoms with Gasteiger partial charge in [-0.1, -0.05) is 12.1 Å². The zero-order valence-corrected chi connectivity index (χ0v) is 15.5. The Morgan fingerprint density at radius 3 is 2.45 bits per heavy atom. The summed E-state index contributed by atoms with van der Waals surface area (Å²) in [5.41, 5.74) is 2.06. The van der Waals surface area contributed by atoms with Crippen LogP contribution in [0.25, 0.3) is 0 Å². The fourth-order valence-corrected chi connectivity index (χ4v) is 2.46. The van der Waals surface area contributed by atoms with Gasteiger partial charge in [-0.3, -0.25) is 4.79 Å². The van der Waals surface area contributed by atoms with Crippen LogP contribution in [0.15, 0.2) is 60.7 Å². The maximum atomic E-state index is 12.3. The smallest absolute Gasteiger partial charge is 0.340 e. The molecule has 0 saturated carbocycles. The largest absolute Gasteiger partial charge is 0.462 e. The van der Waals surface area contributed by atoms with Crippen LogP contribution in [-0.4, -0.2) is 28.7 Å². The van der Waals surface area contributed by atoms with Crippen molar-refractivity contribution in [3.63, 3.8) is 0 Å². The maximum absolute atomic E-state index is 12.3. The van der Waals surface area contributed by atoms with Gasteiger partial charge in [0.15, 0.2) is 11.5 Å². The van der Waals surface area contributed by atoms with Gasteiger partial charge in [-0.15, -0.1) is 10.2 Å². The number of esters is 1. The van der Waals surface area contributed by atoms with Crippen LogP contribution in [0.1, 0.15) is 33.3 Å². The molecule has 2 N–H and O–H groups in total. The van der Waals surface area contributed by atoms with E-state index in [1.807, 2.05) is 6.07 Å². The van der Waals surface area contributed by atoms with Gasteiger partial charge in [0, 0.05) is 5.69 Å². The van der Waals surface area contributed by atoms with Gasteiger partial charge in [0.1, 0.15) is 0 Å². The molecule has 144 valence electrons. The molecule has 0 aliphatic heterocycles. The Hall–Kier alpha value is -4.25. The molecule has 0 unspecified atom stereocenters. The van der Waals surface area contributed by atoms with E-state index in [1.165, 1.54) is 6.07 Å². The minimum absolute atomic E-state index is 0.124. The van der Waals surface area contributed by atoms with Crippen molar-refractivity contribution >= 4 is 29.1 Å². The summed E-state index contributed by atoms with van der Waals surface area (Å²) < 4.78 is 5.04. The SMILES string of the molecule is CCOC(=O)c1ccccc1Nc1ccc(C(=O)Nc2ccc(C#N)cc2)nn1. The van der Waals surface area contributed by atoms with Gasteiger partial charge in [-0.25, -0.2) is 4.79 Å². The lowest BCUT2D eigenvalue weighted by Gasteiger charge is -2.10. The first-order valence-electron chi connectivity index (χ1n) is 8.79. The molecule has 0 saturated heterocycles. The Balaban J connectivity index is 1.70. The molecule has 8 heteroatoms. The molecule has 0 fully saturated rings. The molecule has 8 nitrogen and oxygen atoms in total. The molecule has 0 aliphatic rings. The molecule has 0 bridgehead atoms. The Bertz CT molecular complexity index is 1060. The maximum Gasteiger partial charge on any atom is 0.340 e. The molecular formula is C21H17N5O3. The first-order chi connectivity index (χ1) is 14.1. The van der Waals surface area contributed by atoms with Crippen LogP contribution in [0.5, 0.6) is 0 Å². The average molecular weight is 387 g/mol. The van der Waals surface area contributed by atoms with Crippen molar-refractivity contribution in [2.75, 3.05) is 17.2 Å². The van der Waals surface area contributed by atoms with Gasteiger partial charge in [0.05, 0.1) is 29.5 Å². The number of nitrogens with one attached hydrogen (secondary N) is 2. The van der Waals surface area contributed by atoms with Crippen LogP contribution in [0.2, 0.25) is 0 Å². The van der Waals surface area contributed by atoms with Crippen molar-refractivity contribution in [2.24, 2.45) is 0 Å². The molecule has 1 amide bonds. The van der Waals surface area contributed by atoms with Crippen LogP contribution in [0.3, 0.4) is 0 Å². The number of para-hydroxylation sites is 1. The minimum Gasteiger partial charge on any atom is -0.462 e. The van der Waals surface area contributed by atoms with Gasteiger partial charge in [-0.2, -0.15) is 5.26 Å². The fourth-order valence-electron chi connectivity index (χ4n) is 2.46. The van der Waals surface area contributed by atoms with Crippen molar-refractivity contribution in [3.8, 4) is 6.07 Å². The molecule has 2 aromatic carbocycles. The summed E-state index contributed by atoms with van der Waals surface area (Å²) in [6, 6.07) is 18.5. The van der Waals surface area contributed by atoms with E-state index in [0.717, 1.165) is 0 Å². The van der Waals surface area contributed by atoms with Crippen LogP contribution < -0.4 is 10.6 Å². The van der Waals surface area contributed by atoms with Gasteiger partial charge in [0.25, 0.3) is 5.91 Å². The summed E-state index contributed by atoms with van der Waals surface area (Å²) in [6.45, 7) is 2.01. The summed E-state index contributed by atoms with van der Waals surface area (Å²) >= 11 is 0. The number of rotatable bonds is 6. The molecule has 0 spiro atoms. The molecule has 1 aromatic heterocycles. The molecule has 0 atom stereocenters. The van der Waals surface area contributed by atoms with E-state index in [4.69, 9.17) is 10.00 Å². The van der Waals surface area contributed by atoms with E-state index in [1.54, 1.807) is 61.5 Å². The summed E-state index contributed by atoms with van der Waals surface area (Å²) in [5.74, 6) is -0.501. The zero-order valence-electron chi connectivity index (χ0n) is 15.5. The molecule has 0 radical (unpaired) electrons. The van der Waals surface area contributed by atoms with Crippen molar-refractivity contribution in [3.05, 3.63) is 77.5 Å². The van der Waals surface area contributed by atoms with E-state index >= 15 is 0 Å². The highest BCUT2D eigenvalue weighted by Crippen LogP contribution is 2.20. The summed E-state index contributed by atoms with van der Waals surface area (Å²) in [4.78, 5) is 24.3. The average Bonchev–Trinajstić information content (AvgIpc) is 2.75. The minimum atomic E-state index is -0.443. The highest BCUT2D eigenvalue weighted by atomic mass is 16.5. The fraction of sp³-hybridized carbons (Fsp3) is 0.0952. The second-order valence-electron chi connectivity index (χ2n) is 5.84. The molecule has 0 aliphatic carbocycles. The highest BCUT2D eigenvalue weighted by molar-refractivity contribution is 6.02. The quantitative estimate of drug-likeness (QED) is 0.621. The van der Waals surface area contributed by atoms with Crippen LogP contribution in [-0.2, 0) is 4.74 Å². The zero-order chi connectivity index (χ0) is 20.6. The van der Waals surface area contributed by atoms with Crippen molar-refractivity contribution in [1.29, 1.82) is 5.26 Å². The van der Waals surface area contributed by atoms with Crippen LogP contribution >= 0.6 is 0 Å². The van der Waals surface area contributed by atoms with Crippen molar-refractivity contribution < 1.29 is 14.3 Å². The summed E-state index contributed by atoms with van der Waals surface area (Å²) in [6.07, 6.45) is 0. The number of nitriles is 1. The van der Waals surface area contributed by atoms with Gasteiger partial charge >= 0.3 is 5.97 Å². The Kier molecular flexibility index (Phi) is 6.12. The van der Waals surface area contributed by atoms with E-state index in [9.17, 15) is 9.59 Å². The van der Waals surface area contributed by atoms with Gasteiger partial charge < -0.3 is 15.4 Å². The van der Waals surface area contributed by atoms with E-state index in [2.05, 4.69) is 20.8 Å². The third-order valence-corrected chi connectivity index (χ3v) is 3.85. The molecular weight excluding hydrogens is 370 g/mol. The number of hydrogen-bond acceptors (Lipinski definition) is 7. The predicted molar refractivity (Wildman–Crippen MR) is 107 cm³/mol. The topological polar surface area (TPSA) is 117 Å². The van der Waals surface area contributed by atoms with Crippen LogP contribution in [0.4, 0.5) is 17.2 Å². The third kappa shape index (κ3) is 4.93. The van der Waals surface area contributed by atoms with E-state index < -0.39 is 11.9 Å². The lowest BCUT2D eigenvalue weighted by Crippen LogP contribution is -2.14. The number of hydrogen-bond donors (Lipinski definition) is 2. The lowest BCUT2D eigenvalue weighted by atomic mass is 10.2. The van der Waals surface area contributed by atoms with Gasteiger partial charge in [-0.05, 0) is 55.5 Å². The predicted octanol–water partition coefficient (Wildman–Crippen LogP) is 3.52. The molecule has 1 heterocycles. The lowest BCUT2D eigenvalue weighted by molar-refractivity contribution is 0.0527. The number of ether oxygens (including phenoxy) is 1. The normalized spacial score (nSPS) is 9.93. The number of benzene rings is 2. The van der Waals surface area contributed by atoms with E-state index in [0.29, 0.717) is 28.3 Å². The summed E-state index contributed by atoms with van der Waals surface area (Å²) in [7, 11) is 0. The van der Waals surface area contributed by atoms with Crippen LogP contribution in [0, 0.1) is 11.3 Å². The Morgan fingerprint density at radius 1 is 1.03 bits per heavy atom. The number of carbonyl (C=O) groups is 2. The number of anilines is 3. The first-order valence-corrected chi connectivity index (χ1v) is 8.79. The number of nitrogens with zero attached hydrogens (tertiary/aromatic N) is 3. The van der Waals surface area contributed by atoms with E-state index in [-0.39, 0.29) is 12.3 Å². The number of carbonyl (C=O) groups excluding carboxylic acids is 2. The second kappa shape index (κ2) is 9.10. The summed E-state index contributed by atoms with van der Waals surface area (Å²) in [5, 5.41) is 22.4. The first kappa shape index (κ1) is 19.5. The van der Waals surface area contributed by atoms with Gasteiger partial charge in [0.2, 0.25) is 0 Å². The highest BCUT2D eigenvalue weighted by Gasteiger charge is 2.13. The molecule has 3 rings (SSSR count). The molecule has 29 heavy (non-hydrogen) atoms. The van der Waals surface area contributed by atoms with Crippen molar-refractivity contribution in [1.82, 2.24) is 10.2 Å². The number of aromatic nitrogens is 2. The number of amides is 1.